The van der Waals surface area contributed by atoms with E-state index in [1.165, 1.54) is 0 Å². The lowest BCUT2D eigenvalue weighted by Crippen LogP contribution is -2.31. The second kappa shape index (κ2) is 8.31. The maximum absolute atomic E-state index is 12.5. The van der Waals surface area contributed by atoms with E-state index in [-0.39, 0.29) is 24.1 Å². The molecule has 1 N–H and O–H groups in total. The van der Waals surface area contributed by atoms with Gasteiger partial charge in [-0.3, -0.25) is 4.79 Å². The molecule has 0 aliphatic rings. The van der Waals surface area contributed by atoms with E-state index < -0.39 is 5.97 Å². The number of hydrogen-bond acceptors (Lipinski definition) is 5. The number of amides is 1. The van der Waals surface area contributed by atoms with Crippen LogP contribution in [0.25, 0.3) is 11.3 Å². The van der Waals surface area contributed by atoms with E-state index >= 15 is 0 Å². The van der Waals surface area contributed by atoms with E-state index in [2.05, 4.69) is 10.5 Å². The van der Waals surface area contributed by atoms with Crippen molar-refractivity contribution in [2.45, 2.75) is 19.9 Å². The van der Waals surface area contributed by atoms with Crippen LogP contribution in [0.2, 0.25) is 0 Å². The normalized spacial score (nSPS) is 11.6. The van der Waals surface area contributed by atoms with Gasteiger partial charge in [0, 0.05) is 5.56 Å². The minimum Gasteiger partial charge on any atom is -0.452 e. The van der Waals surface area contributed by atoms with Crippen molar-refractivity contribution in [3.8, 4) is 11.3 Å². The molecule has 0 radical (unpaired) electrons. The Morgan fingerprint density at radius 1 is 1.07 bits per heavy atom. The number of carbonyl (C=O) groups is 2. The maximum atomic E-state index is 12.5. The lowest BCUT2D eigenvalue weighted by Gasteiger charge is -2.14. The molecule has 0 saturated carbocycles. The summed E-state index contributed by atoms with van der Waals surface area (Å²) < 4.78 is 10.3. The molecule has 3 aromatic rings. The van der Waals surface area contributed by atoms with Crippen molar-refractivity contribution in [1.29, 1.82) is 0 Å². The van der Waals surface area contributed by atoms with Gasteiger partial charge in [-0.25, -0.2) is 4.79 Å². The number of nitrogens with one attached hydrogen (secondary N) is 1. The Bertz CT molecular complexity index is 920. The van der Waals surface area contributed by atoms with Gasteiger partial charge in [0.2, 0.25) is 0 Å². The average Bonchev–Trinajstić information content (AvgIpc) is 3.09. The largest absolute Gasteiger partial charge is 0.452 e. The number of rotatable bonds is 6. The van der Waals surface area contributed by atoms with Gasteiger partial charge in [-0.1, -0.05) is 65.8 Å². The van der Waals surface area contributed by atoms with E-state index in [1.54, 1.807) is 6.92 Å². The van der Waals surface area contributed by atoms with Crippen LogP contribution in [0.3, 0.4) is 0 Å². The first-order valence-electron chi connectivity index (χ1n) is 8.59. The van der Waals surface area contributed by atoms with Crippen LogP contribution in [-0.4, -0.2) is 23.6 Å². The zero-order chi connectivity index (χ0) is 19.2. The standard InChI is InChI=1S/C21H20N2O4/c1-14(16-9-5-3-6-10-16)22-18(24)13-26-21(25)19-15(2)27-23-20(19)17-11-7-4-8-12-17/h3-12,14H,13H2,1-2H3,(H,22,24)/t14-/m1/s1. The molecule has 0 aliphatic heterocycles. The number of aryl methyl sites for hydroxylation is 1. The molecule has 1 amide bonds. The number of carbonyl (C=O) groups excluding carboxylic acids is 2. The van der Waals surface area contributed by atoms with Crippen LogP contribution < -0.4 is 5.32 Å². The molecule has 0 unspecified atom stereocenters. The highest BCUT2D eigenvalue weighted by molar-refractivity contribution is 5.98. The topological polar surface area (TPSA) is 81.4 Å². The Balaban J connectivity index is 1.63. The molecule has 0 fully saturated rings. The van der Waals surface area contributed by atoms with Crippen molar-refractivity contribution in [3.05, 3.63) is 77.6 Å². The maximum Gasteiger partial charge on any atom is 0.344 e. The van der Waals surface area contributed by atoms with Crippen molar-refractivity contribution in [3.63, 3.8) is 0 Å². The van der Waals surface area contributed by atoms with Crippen molar-refractivity contribution in [1.82, 2.24) is 10.5 Å². The number of benzene rings is 2. The Morgan fingerprint density at radius 2 is 1.70 bits per heavy atom. The minimum atomic E-state index is -0.643. The van der Waals surface area contributed by atoms with Gasteiger partial charge in [0.15, 0.2) is 6.61 Å². The van der Waals surface area contributed by atoms with Crippen LogP contribution in [-0.2, 0) is 9.53 Å². The van der Waals surface area contributed by atoms with Gasteiger partial charge in [0.1, 0.15) is 17.0 Å². The lowest BCUT2D eigenvalue weighted by molar-refractivity contribution is -0.124. The van der Waals surface area contributed by atoms with Gasteiger partial charge in [-0.15, -0.1) is 0 Å². The predicted octanol–water partition coefficient (Wildman–Crippen LogP) is 3.68. The number of aromatic nitrogens is 1. The molecule has 6 heteroatoms. The summed E-state index contributed by atoms with van der Waals surface area (Å²) >= 11 is 0. The number of ether oxygens (including phenoxy) is 1. The average molecular weight is 364 g/mol. The van der Waals surface area contributed by atoms with Crippen LogP contribution in [0.15, 0.2) is 65.2 Å². The summed E-state index contributed by atoms with van der Waals surface area (Å²) in [7, 11) is 0. The molecule has 1 atom stereocenters. The highest BCUT2D eigenvalue weighted by atomic mass is 16.5. The molecule has 6 nitrogen and oxygen atoms in total. The van der Waals surface area contributed by atoms with Gasteiger partial charge in [-0.05, 0) is 19.4 Å². The Hall–Kier alpha value is -3.41. The van der Waals surface area contributed by atoms with Gasteiger partial charge in [0.25, 0.3) is 5.91 Å². The summed E-state index contributed by atoms with van der Waals surface area (Å²) in [5, 5.41) is 6.75. The summed E-state index contributed by atoms with van der Waals surface area (Å²) in [4.78, 5) is 24.6. The molecule has 2 aromatic carbocycles. The van der Waals surface area contributed by atoms with Crippen molar-refractivity contribution >= 4 is 11.9 Å². The number of esters is 1. The Labute approximate surface area is 157 Å². The van der Waals surface area contributed by atoms with E-state index in [0.717, 1.165) is 11.1 Å². The van der Waals surface area contributed by atoms with Crippen LogP contribution in [0, 0.1) is 6.92 Å². The van der Waals surface area contributed by atoms with Crippen molar-refractivity contribution in [2.75, 3.05) is 6.61 Å². The first kappa shape index (κ1) is 18.4. The predicted molar refractivity (Wildman–Crippen MR) is 100.0 cm³/mol. The molecule has 1 aromatic heterocycles. The monoisotopic (exact) mass is 364 g/mol. The van der Waals surface area contributed by atoms with Gasteiger partial charge in [-0.2, -0.15) is 0 Å². The molecule has 3 rings (SSSR count). The zero-order valence-electron chi connectivity index (χ0n) is 15.1. The molecule has 138 valence electrons. The number of hydrogen-bond donors (Lipinski definition) is 1. The minimum absolute atomic E-state index is 0.186. The van der Waals surface area contributed by atoms with Crippen LogP contribution >= 0.6 is 0 Å². The Kier molecular flexibility index (Phi) is 5.66. The highest BCUT2D eigenvalue weighted by Crippen LogP contribution is 2.25. The van der Waals surface area contributed by atoms with E-state index in [1.807, 2.05) is 67.6 Å². The van der Waals surface area contributed by atoms with Crippen LogP contribution in [0.4, 0.5) is 0 Å². The van der Waals surface area contributed by atoms with E-state index in [0.29, 0.717) is 11.5 Å². The van der Waals surface area contributed by atoms with Crippen LogP contribution in [0.5, 0.6) is 0 Å². The molecular weight excluding hydrogens is 344 g/mol. The molecule has 0 spiro atoms. The first-order valence-corrected chi connectivity index (χ1v) is 8.59. The first-order chi connectivity index (χ1) is 13.1. The molecule has 0 bridgehead atoms. The fraction of sp³-hybridized carbons (Fsp3) is 0.190. The molecule has 0 aliphatic carbocycles. The number of nitrogens with zero attached hydrogens (tertiary/aromatic N) is 1. The summed E-state index contributed by atoms with van der Waals surface area (Å²) in [6, 6.07) is 18.6. The van der Waals surface area contributed by atoms with E-state index in [4.69, 9.17) is 9.26 Å². The lowest BCUT2D eigenvalue weighted by atomic mass is 10.1. The zero-order valence-corrected chi connectivity index (χ0v) is 15.1. The van der Waals surface area contributed by atoms with Crippen LogP contribution in [0.1, 0.15) is 34.6 Å². The van der Waals surface area contributed by atoms with E-state index in [9.17, 15) is 9.59 Å². The summed E-state index contributed by atoms with van der Waals surface area (Å²) in [6.07, 6.45) is 0. The molecule has 0 saturated heterocycles. The SMILES string of the molecule is Cc1onc(-c2ccccc2)c1C(=O)OCC(=O)N[C@H](C)c1ccccc1. The molecule has 1 heterocycles. The van der Waals surface area contributed by atoms with Crippen molar-refractivity contribution in [2.24, 2.45) is 0 Å². The summed E-state index contributed by atoms with van der Waals surface area (Å²) in [5.41, 5.74) is 2.34. The fourth-order valence-corrected chi connectivity index (χ4v) is 2.72. The summed E-state index contributed by atoms with van der Waals surface area (Å²) in [5.74, 6) is -0.679. The third-order valence-electron chi connectivity index (χ3n) is 4.13. The van der Waals surface area contributed by atoms with Gasteiger partial charge < -0.3 is 14.6 Å². The third-order valence-corrected chi connectivity index (χ3v) is 4.13. The smallest absolute Gasteiger partial charge is 0.344 e. The Morgan fingerprint density at radius 3 is 2.37 bits per heavy atom. The third kappa shape index (κ3) is 4.41. The molecule has 27 heavy (non-hydrogen) atoms. The van der Waals surface area contributed by atoms with Gasteiger partial charge in [0.05, 0.1) is 6.04 Å². The second-order valence-electron chi connectivity index (χ2n) is 6.10. The highest BCUT2D eigenvalue weighted by Gasteiger charge is 2.23. The second-order valence-corrected chi connectivity index (χ2v) is 6.10. The molecular formula is C21H20N2O4. The van der Waals surface area contributed by atoms with Gasteiger partial charge >= 0.3 is 5.97 Å². The quantitative estimate of drug-likeness (QED) is 0.675. The fourth-order valence-electron chi connectivity index (χ4n) is 2.72. The summed E-state index contributed by atoms with van der Waals surface area (Å²) in [6.45, 7) is 3.12. The van der Waals surface area contributed by atoms with Crippen molar-refractivity contribution < 1.29 is 18.8 Å².